The number of thiazole rings is 1. The summed E-state index contributed by atoms with van der Waals surface area (Å²) < 4.78 is 61.7. The topological polar surface area (TPSA) is 98.0 Å². The maximum absolute atomic E-state index is 14.6. The van der Waals surface area contributed by atoms with Crippen molar-refractivity contribution in [2.24, 2.45) is 4.99 Å². The molecule has 1 fully saturated rings. The monoisotopic (exact) mass is 515 g/mol. The zero-order valence-electron chi connectivity index (χ0n) is 17.4. The zero-order chi connectivity index (χ0) is 23.8. The fraction of sp³-hybridized carbons (Fsp3) is 0.350. The first kappa shape index (κ1) is 23.7. The Balaban J connectivity index is 1.77. The van der Waals surface area contributed by atoms with Crippen molar-refractivity contribution in [2.75, 3.05) is 13.2 Å². The van der Waals surface area contributed by atoms with Crippen molar-refractivity contribution < 1.29 is 31.5 Å². The van der Waals surface area contributed by atoms with E-state index in [0.717, 1.165) is 37.6 Å². The molecule has 1 aliphatic heterocycles. The molecule has 2 aromatic heterocycles. The molecule has 3 heterocycles. The SMILES string of the molecule is CCOC(=O)Cn1c(=NC(=O)C2CCCN2S(=O)(=O)c2cccs2)sc2cc(F)cc(F)c21. The molecule has 8 nitrogen and oxygen atoms in total. The van der Waals surface area contributed by atoms with E-state index in [1.807, 2.05) is 0 Å². The van der Waals surface area contributed by atoms with Gasteiger partial charge in [-0.2, -0.15) is 9.30 Å². The van der Waals surface area contributed by atoms with Crippen molar-refractivity contribution in [3.63, 3.8) is 0 Å². The molecule has 0 saturated carbocycles. The average Bonchev–Trinajstić information content (AvgIpc) is 3.49. The Morgan fingerprint density at radius 2 is 2.09 bits per heavy atom. The van der Waals surface area contributed by atoms with E-state index in [9.17, 15) is 26.8 Å². The molecule has 3 aromatic rings. The highest BCUT2D eigenvalue weighted by molar-refractivity contribution is 7.91. The van der Waals surface area contributed by atoms with Gasteiger partial charge in [0, 0.05) is 12.6 Å². The summed E-state index contributed by atoms with van der Waals surface area (Å²) in [6.07, 6.45) is 0.754. The second-order valence-corrected chi connectivity index (χ2v) is 11.2. The largest absolute Gasteiger partial charge is 0.465 e. The van der Waals surface area contributed by atoms with Crippen LogP contribution in [0.25, 0.3) is 10.2 Å². The van der Waals surface area contributed by atoms with E-state index < -0.39 is 46.1 Å². The number of amides is 1. The molecular formula is C20H19F2N3O5S3. The number of carbonyl (C=O) groups excluding carboxylic acids is 2. The molecule has 33 heavy (non-hydrogen) atoms. The normalized spacial score (nSPS) is 17.7. The fourth-order valence-electron chi connectivity index (χ4n) is 3.67. The molecule has 1 saturated heterocycles. The van der Waals surface area contributed by atoms with E-state index in [-0.39, 0.29) is 38.8 Å². The lowest BCUT2D eigenvalue weighted by atomic mass is 10.2. The van der Waals surface area contributed by atoms with Gasteiger partial charge in [-0.1, -0.05) is 17.4 Å². The van der Waals surface area contributed by atoms with Crippen molar-refractivity contribution in [3.05, 3.63) is 46.1 Å². The van der Waals surface area contributed by atoms with Crippen molar-refractivity contribution in [1.82, 2.24) is 8.87 Å². The van der Waals surface area contributed by atoms with E-state index in [1.54, 1.807) is 18.4 Å². The fourth-order valence-corrected chi connectivity index (χ4v) is 7.51. The summed E-state index contributed by atoms with van der Waals surface area (Å²) in [5.41, 5.74) is -0.0875. The van der Waals surface area contributed by atoms with Gasteiger partial charge < -0.3 is 9.30 Å². The smallest absolute Gasteiger partial charge is 0.326 e. The Kier molecular flexibility index (Phi) is 6.75. The minimum absolute atomic E-state index is 0.0482. The first-order valence-corrected chi connectivity index (χ1v) is 13.1. The summed E-state index contributed by atoms with van der Waals surface area (Å²) in [5.74, 6) is -3.15. The maximum Gasteiger partial charge on any atom is 0.326 e. The first-order chi connectivity index (χ1) is 15.7. The number of halogens is 2. The number of carbonyl (C=O) groups is 2. The summed E-state index contributed by atoms with van der Waals surface area (Å²) >= 11 is 1.88. The van der Waals surface area contributed by atoms with Crippen LogP contribution in [0.2, 0.25) is 0 Å². The molecule has 1 aromatic carbocycles. The number of nitrogens with zero attached hydrogens (tertiary/aromatic N) is 3. The van der Waals surface area contributed by atoms with Crippen LogP contribution >= 0.6 is 22.7 Å². The van der Waals surface area contributed by atoms with Crippen LogP contribution in [-0.4, -0.2) is 48.4 Å². The summed E-state index contributed by atoms with van der Waals surface area (Å²) in [6.45, 7) is 1.44. The first-order valence-electron chi connectivity index (χ1n) is 10.00. The molecule has 1 aliphatic rings. The minimum atomic E-state index is -3.87. The zero-order valence-corrected chi connectivity index (χ0v) is 19.8. The summed E-state index contributed by atoms with van der Waals surface area (Å²) in [5, 5.41) is 1.63. The van der Waals surface area contributed by atoms with Crippen LogP contribution in [-0.2, 0) is 30.9 Å². The number of fused-ring (bicyclic) bond motifs is 1. The summed E-state index contributed by atoms with van der Waals surface area (Å²) in [4.78, 5) is 29.2. The predicted octanol–water partition coefficient (Wildman–Crippen LogP) is 2.89. The van der Waals surface area contributed by atoms with Crippen molar-refractivity contribution in [3.8, 4) is 0 Å². The molecule has 1 atom stereocenters. The van der Waals surface area contributed by atoms with Crippen LogP contribution in [0.15, 0.2) is 38.8 Å². The van der Waals surface area contributed by atoms with Crippen LogP contribution < -0.4 is 4.80 Å². The van der Waals surface area contributed by atoms with Crippen molar-refractivity contribution >= 4 is 54.8 Å². The summed E-state index contributed by atoms with van der Waals surface area (Å²) in [6, 6.07) is 3.80. The number of hydrogen-bond donors (Lipinski definition) is 0. The standard InChI is InChI=1S/C20H19F2N3O5S3/c1-2-30-16(26)11-24-18-13(22)9-12(21)10-15(18)32-20(24)23-19(27)14-5-3-7-25(14)33(28,29)17-6-4-8-31-17/h4,6,8-10,14H,2-3,5,7,11H2,1H3. The van der Waals surface area contributed by atoms with Gasteiger partial charge in [0.05, 0.1) is 16.8 Å². The third-order valence-corrected chi connectivity index (χ3v) is 9.35. The van der Waals surface area contributed by atoms with Crippen molar-refractivity contribution in [1.29, 1.82) is 0 Å². The van der Waals surface area contributed by atoms with E-state index in [2.05, 4.69) is 4.99 Å². The number of aromatic nitrogens is 1. The number of rotatable bonds is 6. The van der Waals surface area contributed by atoms with Crippen LogP contribution in [0.4, 0.5) is 8.78 Å². The second kappa shape index (κ2) is 9.41. The molecule has 0 spiro atoms. The highest BCUT2D eigenvalue weighted by Gasteiger charge is 2.40. The maximum atomic E-state index is 14.6. The van der Waals surface area contributed by atoms with Crippen molar-refractivity contribution in [2.45, 2.75) is 36.6 Å². The molecule has 1 amide bonds. The molecule has 0 aliphatic carbocycles. The van der Waals surface area contributed by atoms with Gasteiger partial charge in [-0.15, -0.1) is 11.3 Å². The lowest BCUT2D eigenvalue weighted by Crippen LogP contribution is -2.40. The highest BCUT2D eigenvalue weighted by Crippen LogP contribution is 2.29. The Morgan fingerprint density at radius 3 is 2.79 bits per heavy atom. The number of esters is 1. The Morgan fingerprint density at radius 1 is 1.30 bits per heavy atom. The lowest BCUT2D eigenvalue weighted by molar-refractivity contribution is -0.143. The molecule has 0 bridgehead atoms. The quantitative estimate of drug-likeness (QED) is 0.470. The Labute approximate surface area is 195 Å². The average molecular weight is 516 g/mol. The van der Waals surface area contributed by atoms with E-state index >= 15 is 0 Å². The molecule has 0 radical (unpaired) electrons. The van der Waals surface area contributed by atoms with E-state index in [1.165, 1.54) is 6.07 Å². The third kappa shape index (κ3) is 4.63. The van der Waals surface area contributed by atoms with E-state index in [0.29, 0.717) is 12.5 Å². The molecule has 1 unspecified atom stereocenters. The van der Waals surface area contributed by atoms with Gasteiger partial charge >= 0.3 is 5.97 Å². The molecular weight excluding hydrogens is 496 g/mol. The molecule has 176 valence electrons. The van der Waals surface area contributed by atoms with E-state index in [4.69, 9.17) is 4.74 Å². The second-order valence-electron chi connectivity index (χ2n) is 7.17. The summed E-state index contributed by atoms with van der Waals surface area (Å²) in [7, 11) is -3.87. The number of thiophene rings is 1. The van der Waals surface area contributed by atoms with Gasteiger partial charge in [0.2, 0.25) is 0 Å². The number of benzene rings is 1. The Hall–Kier alpha value is -2.48. The molecule has 13 heteroatoms. The van der Waals surface area contributed by atoms with Crippen LogP contribution in [0, 0.1) is 11.6 Å². The minimum Gasteiger partial charge on any atom is -0.465 e. The van der Waals surface area contributed by atoms with Crippen LogP contribution in [0.1, 0.15) is 19.8 Å². The Bertz CT molecular complexity index is 1380. The van der Waals surface area contributed by atoms with Gasteiger partial charge in [0.1, 0.15) is 22.6 Å². The van der Waals surface area contributed by atoms with Crippen LogP contribution in [0.5, 0.6) is 0 Å². The number of hydrogen-bond acceptors (Lipinski definition) is 7. The molecule has 4 rings (SSSR count). The van der Waals surface area contributed by atoms with Gasteiger partial charge in [0.25, 0.3) is 15.9 Å². The molecule has 0 N–H and O–H groups in total. The third-order valence-electron chi connectivity index (χ3n) is 5.04. The van der Waals surface area contributed by atoms with Crippen LogP contribution in [0.3, 0.4) is 0 Å². The lowest BCUT2D eigenvalue weighted by Gasteiger charge is -2.20. The predicted molar refractivity (Wildman–Crippen MR) is 118 cm³/mol. The van der Waals surface area contributed by atoms with Gasteiger partial charge in [-0.3, -0.25) is 9.59 Å². The van der Waals surface area contributed by atoms with Gasteiger partial charge in [0.15, 0.2) is 10.6 Å². The number of ether oxygens (including phenoxy) is 1. The van der Waals surface area contributed by atoms with Gasteiger partial charge in [-0.25, -0.2) is 17.2 Å². The number of sulfonamides is 1. The van der Waals surface area contributed by atoms with Gasteiger partial charge in [-0.05, 0) is 37.3 Å². The highest BCUT2D eigenvalue weighted by atomic mass is 32.2.